The van der Waals surface area contributed by atoms with Gasteiger partial charge in [0.25, 0.3) is 0 Å². The minimum absolute atomic E-state index is 0.584. The van der Waals surface area contributed by atoms with Crippen molar-refractivity contribution in [1.29, 1.82) is 0 Å². The Morgan fingerprint density at radius 1 is 0.204 bits per heavy atom. The molecule has 0 bridgehead atoms. The highest BCUT2D eigenvalue weighted by atomic mass is 16.3. The molecule has 8 heterocycles. The molecule has 10 nitrogen and oxygen atoms in total. The van der Waals surface area contributed by atoms with E-state index in [0.717, 1.165) is 209 Å². The molecule has 0 aliphatic carbocycles. The van der Waals surface area contributed by atoms with Crippen LogP contribution < -0.4 is 0 Å². The lowest BCUT2D eigenvalue weighted by Gasteiger charge is -2.17. The second-order valence-corrected chi connectivity index (χ2v) is 27.8. The quantitative estimate of drug-likeness (QED) is 0.155. The minimum Gasteiger partial charge on any atom is -0.456 e. The second kappa shape index (κ2) is 22.7. The summed E-state index contributed by atoms with van der Waals surface area (Å²) in [4.78, 5) is 8.18. The van der Waals surface area contributed by atoms with Gasteiger partial charge in [-0.05, 0) is 144 Å². The van der Waals surface area contributed by atoms with Crippen LogP contribution in [0.1, 0.15) is 0 Å². The molecule has 0 fully saturated rings. The van der Waals surface area contributed by atoms with Gasteiger partial charge in [-0.2, -0.15) is 0 Å². The molecule has 0 spiro atoms. The maximum atomic E-state index is 8.34. The van der Waals surface area contributed by atoms with Crippen LogP contribution in [0, 0.1) is 13.1 Å². The van der Waals surface area contributed by atoms with E-state index in [0.29, 0.717) is 11.4 Å². The van der Waals surface area contributed by atoms with Crippen molar-refractivity contribution in [2.24, 2.45) is 0 Å². The third-order valence-corrected chi connectivity index (χ3v) is 22.3. The summed E-state index contributed by atoms with van der Waals surface area (Å²) in [6.07, 6.45) is 0. The van der Waals surface area contributed by atoms with Crippen molar-refractivity contribution in [3.63, 3.8) is 0 Å². The van der Waals surface area contributed by atoms with Gasteiger partial charge in [0.2, 0.25) is 11.4 Å². The Bertz CT molecular complexity index is 8090. The minimum atomic E-state index is 0.584. The zero-order valence-corrected chi connectivity index (χ0v) is 57.5. The lowest BCUT2D eigenvalue weighted by Crippen LogP contribution is -1.98. The van der Waals surface area contributed by atoms with Gasteiger partial charge in [-0.3, -0.25) is 0 Å². The number of aromatic nitrogens is 4. The molecular weight excluding hydrogens is 1330 g/mol. The van der Waals surface area contributed by atoms with Crippen LogP contribution in [0.4, 0.5) is 11.4 Å². The molecule has 0 saturated heterocycles. The van der Waals surface area contributed by atoms with Crippen molar-refractivity contribution >= 4 is 186 Å². The van der Waals surface area contributed by atoms with Gasteiger partial charge in [0.15, 0.2) is 0 Å². The van der Waals surface area contributed by atoms with E-state index in [1.807, 2.05) is 72.8 Å². The SMILES string of the molecule is [C-]#[N+]c1cccc(-c2ccc(-n3c4ccccc4c4c5c(ccc43)oc3ccccc35)cc2)c1-n1c2ccccc2c2c3c(ccc21)oc1ccccc13.[C-]#[N+]c1cccc(-c2ccc(-n3c4ccccc4c4c5oc6ccccc6c5ccc43)cc2)c1-n1c2ccccc2c2c3oc4ccccc4c3ccc21. The predicted octanol–water partition coefficient (Wildman–Crippen LogP) is 27.8. The largest absolute Gasteiger partial charge is 0.456 e. The van der Waals surface area contributed by atoms with Crippen LogP contribution in [-0.4, -0.2) is 18.3 Å². The molecule has 0 radical (unpaired) electrons. The topological polar surface area (TPSA) is 81.0 Å². The van der Waals surface area contributed by atoms with E-state index in [1.165, 1.54) is 10.8 Å². The molecule has 24 aromatic rings. The van der Waals surface area contributed by atoms with Crippen LogP contribution >= 0.6 is 0 Å². The second-order valence-electron chi connectivity index (χ2n) is 27.8. The summed E-state index contributed by atoms with van der Waals surface area (Å²) in [5, 5.41) is 17.9. The summed E-state index contributed by atoms with van der Waals surface area (Å²) < 4.78 is 34.9. The number of hydrogen-bond donors (Lipinski definition) is 0. The van der Waals surface area contributed by atoms with Gasteiger partial charge in [-0.25, -0.2) is 9.69 Å². The number of benzene rings is 16. The van der Waals surface area contributed by atoms with E-state index in [2.05, 4.69) is 283 Å². The number of fused-ring (bicyclic) bond motifs is 28. The van der Waals surface area contributed by atoms with Crippen LogP contribution in [0.25, 0.3) is 230 Å². The van der Waals surface area contributed by atoms with Crippen molar-refractivity contribution in [2.45, 2.75) is 0 Å². The van der Waals surface area contributed by atoms with E-state index >= 15 is 0 Å². The van der Waals surface area contributed by atoms with Crippen LogP contribution in [-0.2, 0) is 0 Å². The Labute approximate surface area is 614 Å². The predicted molar refractivity (Wildman–Crippen MR) is 443 cm³/mol. The lowest BCUT2D eigenvalue weighted by molar-refractivity contribution is 0.669. The summed E-state index contributed by atoms with van der Waals surface area (Å²) in [5.41, 5.74) is 24.6. The summed E-state index contributed by atoms with van der Waals surface area (Å²) in [6.45, 7) is 16.7. The van der Waals surface area contributed by atoms with Crippen LogP contribution in [0.5, 0.6) is 0 Å². The molecule has 10 heteroatoms. The summed E-state index contributed by atoms with van der Waals surface area (Å²) in [5.74, 6) is 0. The molecule has 0 amide bonds. The Balaban J connectivity index is 0.000000130. The fourth-order valence-corrected chi connectivity index (χ4v) is 17.8. The first-order valence-corrected chi connectivity index (χ1v) is 36.1. The fraction of sp³-hybridized carbons (Fsp3) is 0. The molecule has 24 rings (SSSR count). The Morgan fingerprint density at radius 3 is 0.926 bits per heavy atom. The average Bonchev–Trinajstić information content (AvgIpc) is 1.57. The molecule has 0 N–H and O–H groups in total. The first-order chi connectivity index (χ1) is 53.5. The van der Waals surface area contributed by atoms with E-state index in [9.17, 15) is 0 Å². The van der Waals surface area contributed by atoms with E-state index in [4.69, 9.17) is 30.8 Å². The van der Waals surface area contributed by atoms with Gasteiger partial charge >= 0.3 is 0 Å². The zero-order valence-electron chi connectivity index (χ0n) is 57.5. The highest BCUT2D eigenvalue weighted by molar-refractivity contribution is 6.30. The van der Waals surface area contributed by atoms with E-state index in [-0.39, 0.29) is 0 Å². The molecule has 0 aliphatic rings. The molecule has 0 saturated carbocycles. The van der Waals surface area contributed by atoms with Gasteiger partial charge in [0, 0.05) is 86.8 Å². The average molecular weight is 1380 g/mol. The van der Waals surface area contributed by atoms with Crippen LogP contribution in [0.3, 0.4) is 0 Å². The van der Waals surface area contributed by atoms with Gasteiger partial charge in [0.05, 0.1) is 79.4 Å². The molecule has 0 unspecified atom stereocenters. The first kappa shape index (κ1) is 59.4. The fourth-order valence-electron chi connectivity index (χ4n) is 17.8. The smallest absolute Gasteiger partial charge is 0.211 e. The Kier molecular flexibility index (Phi) is 12.5. The van der Waals surface area contributed by atoms with Crippen LogP contribution in [0.15, 0.2) is 345 Å². The number of hydrogen-bond acceptors (Lipinski definition) is 4. The molecule has 16 aromatic carbocycles. The third-order valence-electron chi connectivity index (χ3n) is 22.3. The van der Waals surface area contributed by atoms with E-state index in [1.54, 1.807) is 0 Å². The first-order valence-electron chi connectivity index (χ1n) is 36.1. The molecule has 8 aromatic heterocycles. The summed E-state index contributed by atoms with van der Waals surface area (Å²) in [7, 11) is 0. The van der Waals surface area contributed by atoms with Gasteiger partial charge in [-0.15, -0.1) is 0 Å². The van der Waals surface area contributed by atoms with Crippen molar-refractivity contribution in [2.75, 3.05) is 0 Å². The summed E-state index contributed by atoms with van der Waals surface area (Å²) >= 11 is 0. The third kappa shape index (κ3) is 8.33. The highest BCUT2D eigenvalue weighted by Gasteiger charge is 2.27. The maximum absolute atomic E-state index is 8.34. The highest BCUT2D eigenvalue weighted by Crippen LogP contribution is 2.50. The number of nitrogens with zero attached hydrogens (tertiary/aromatic N) is 6. The standard InChI is InChI=1S/2C49H27N3O2/c1-50-38-16-10-15-31(47(38)52-40-18-7-3-14-37(40)46-42(52)28-26-35-33-12-5-9-20-44(33)54-49(35)46)29-21-23-30(24-22-29)51-39-17-6-2-13-36(39)45-41(51)27-25-34-32-11-4-8-19-43(32)53-48(34)45;1-50-36-16-10-15-31(49(36)52-38-18-7-3-12-33(38)46-40(52)26-28-44-48(46)35-14-5-9-20-42(35)54-44)29-21-23-30(24-22-29)51-37-17-6-2-11-32(37)45-39(51)25-27-43-47(45)34-13-4-8-19-41(34)53-43/h2*2-28H. The van der Waals surface area contributed by atoms with Crippen molar-refractivity contribution < 1.29 is 17.7 Å². The number of para-hydroxylation sites is 10. The van der Waals surface area contributed by atoms with Crippen molar-refractivity contribution in [3.8, 4) is 45.0 Å². The van der Waals surface area contributed by atoms with Crippen molar-refractivity contribution in [1.82, 2.24) is 18.3 Å². The molecule has 500 valence electrons. The van der Waals surface area contributed by atoms with Crippen molar-refractivity contribution in [3.05, 3.63) is 350 Å². The van der Waals surface area contributed by atoms with Gasteiger partial charge < -0.3 is 35.9 Å². The molecule has 0 aliphatic heterocycles. The summed E-state index contributed by atoms with van der Waals surface area (Å²) in [6, 6.07) is 114. The lowest BCUT2D eigenvalue weighted by atomic mass is 10.0. The maximum Gasteiger partial charge on any atom is 0.211 e. The zero-order chi connectivity index (χ0) is 71.0. The van der Waals surface area contributed by atoms with E-state index < -0.39 is 0 Å². The number of rotatable bonds is 6. The normalized spacial score (nSPS) is 12.1. The Hall–Kier alpha value is -15.1. The number of furan rings is 4. The monoisotopic (exact) mass is 1380 g/mol. The molecular formula is C98H54N6O4. The Morgan fingerprint density at radius 2 is 0.519 bits per heavy atom. The van der Waals surface area contributed by atoms with Gasteiger partial charge in [0.1, 0.15) is 44.7 Å². The van der Waals surface area contributed by atoms with Gasteiger partial charge in [-0.1, -0.05) is 206 Å². The molecule has 108 heavy (non-hydrogen) atoms. The molecule has 0 atom stereocenters. The van der Waals surface area contributed by atoms with Crippen LogP contribution in [0.2, 0.25) is 0 Å².